The molecule has 236 valence electrons. The first-order chi connectivity index (χ1) is 20.8. The van der Waals surface area contributed by atoms with Crippen molar-refractivity contribution >= 4 is 17.7 Å². The fraction of sp³-hybridized carbons (Fsp3) is 0.448. The van der Waals surface area contributed by atoms with Gasteiger partial charge in [0.05, 0.1) is 19.1 Å². The summed E-state index contributed by atoms with van der Waals surface area (Å²) in [4.78, 5) is 48.0. The lowest BCUT2D eigenvalue weighted by Crippen LogP contribution is -2.53. The molecule has 15 heteroatoms. The van der Waals surface area contributed by atoms with Gasteiger partial charge in [-0.1, -0.05) is 30.6 Å². The standard InChI is InChI=1S/C29H29F5N4O6/c1-3-4-9-42-25-23-27(41)37-14-21(28(8-7-16(37)2)11-22(36-44-28)43-15-29(32,33)34)38(23)13-19(24(25)39)26(40)35-12-17-5-6-18(30)10-20(17)31/h5-8,10,13,16,21H,3-4,9,11-12,14-15H2,1-2H3,(H,35,40)/t16-,21+,28-/m0/s1. The zero-order valence-corrected chi connectivity index (χ0v) is 23.7. The van der Waals surface area contributed by atoms with Crippen molar-refractivity contribution in [3.8, 4) is 5.75 Å². The summed E-state index contributed by atoms with van der Waals surface area (Å²) in [5, 5.41) is 6.19. The molecule has 0 saturated carbocycles. The molecule has 0 radical (unpaired) electrons. The van der Waals surface area contributed by atoms with Gasteiger partial charge in [0, 0.05) is 37.0 Å². The largest absolute Gasteiger partial charge is 0.487 e. The Morgan fingerprint density at radius 2 is 2.00 bits per heavy atom. The first-order valence-corrected chi connectivity index (χ1v) is 13.9. The van der Waals surface area contributed by atoms with Crippen molar-refractivity contribution in [3.63, 3.8) is 0 Å². The molecule has 3 aliphatic rings. The predicted molar refractivity (Wildman–Crippen MR) is 145 cm³/mol. The van der Waals surface area contributed by atoms with Crippen LogP contribution in [0.5, 0.6) is 5.75 Å². The molecular weight excluding hydrogens is 595 g/mol. The number of carbonyl (C=O) groups is 2. The van der Waals surface area contributed by atoms with Crippen molar-refractivity contribution in [2.45, 2.75) is 63.5 Å². The Kier molecular flexibility index (Phi) is 8.40. The number of alkyl halides is 3. The highest BCUT2D eigenvalue weighted by atomic mass is 19.4. The van der Waals surface area contributed by atoms with Gasteiger partial charge in [0.1, 0.15) is 17.2 Å². The van der Waals surface area contributed by atoms with Gasteiger partial charge in [-0.05, 0) is 25.5 Å². The van der Waals surface area contributed by atoms with Crippen LogP contribution in [-0.4, -0.2) is 64.8 Å². The highest BCUT2D eigenvalue weighted by Gasteiger charge is 2.53. The molecule has 1 aromatic heterocycles. The van der Waals surface area contributed by atoms with Gasteiger partial charge in [-0.15, -0.1) is 0 Å². The molecule has 1 aromatic carbocycles. The summed E-state index contributed by atoms with van der Waals surface area (Å²) in [6.07, 6.45) is 0.769. The third-order valence-corrected chi connectivity index (χ3v) is 7.66. The number of aromatic nitrogens is 1. The predicted octanol–water partition coefficient (Wildman–Crippen LogP) is 4.24. The highest BCUT2D eigenvalue weighted by molar-refractivity contribution is 5.99. The molecule has 0 fully saturated rings. The zero-order chi connectivity index (χ0) is 31.8. The fourth-order valence-electron chi connectivity index (χ4n) is 5.31. The van der Waals surface area contributed by atoms with Gasteiger partial charge in [0.25, 0.3) is 11.8 Å². The van der Waals surface area contributed by atoms with Crippen LogP contribution >= 0.6 is 0 Å². The number of benzene rings is 1. The Labute approximate surface area is 248 Å². The maximum Gasteiger partial charge on any atom is 0.422 e. The molecule has 0 unspecified atom stereocenters. The van der Waals surface area contributed by atoms with Gasteiger partial charge in [-0.3, -0.25) is 14.4 Å². The molecule has 0 saturated heterocycles. The number of oxime groups is 1. The Morgan fingerprint density at radius 3 is 2.70 bits per heavy atom. The molecule has 2 bridgehead atoms. The molecule has 1 N–H and O–H groups in total. The van der Waals surface area contributed by atoms with E-state index in [1.54, 1.807) is 19.1 Å². The fourth-order valence-corrected chi connectivity index (χ4v) is 5.31. The normalized spacial score (nSPS) is 22.3. The van der Waals surface area contributed by atoms with Crippen molar-refractivity contribution in [2.24, 2.45) is 5.16 Å². The van der Waals surface area contributed by atoms with Crippen molar-refractivity contribution < 1.29 is 45.9 Å². The number of amides is 2. The first-order valence-electron chi connectivity index (χ1n) is 13.9. The number of rotatable bonds is 8. The van der Waals surface area contributed by atoms with Crippen LogP contribution in [0, 0.1) is 11.6 Å². The summed E-state index contributed by atoms with van der Waals surface area (Å²) in [5.74, 6) is -3.88. The monoisotopic (exact) mass is 624 g/mol. The van der Waals surface area contributed by atoms with Crippen molar-refractivity contribution in [3.05, 3.63) is 75.2 Å². The second-order valence-electron chi connectivity index (χ2n) is 10.8. The summed E-state index contributed by atoms with van der Waals surface area (Å²) < 4.78 is 78.1. The number of fused-ring (bicyclic) bond motifs is 5. The number of pyridine rings is 1. The number of carbonyl (C=O) groups excluding carboxylic acids is 2. The second kappa shape index (κ2) is 11.9. The molecule has 0 aliphatic carbocycles. The van der Waals surface area contributed by atoms with Crippen LogP contribution in [0.3, 0.4) is 0 Å². The summed E-state index contributed by atoms with van der Waals surface area (Å²) in [5.41, 5.74) is -2.96. The zero-order valence-electron chi connectivity index (χ0n) is 23.7. The molecule has 2 aromatic rings. The molecule has 10 nitrogen and oxygen atoms in total. The highest BCUT2D eigenvalue weighted by Crippen LogP contribution is 2.44. The van der Waals surface area contributed by atoms with E-state index in [2.05, 4.69) is 10.5 Å². The quantitative estimate of drug-likeness (QED) is 0.267. The van der Waals surface area contributed by atoms with Crippen LogP contribution in [0.15, 0.2) is 46.5 Å². The van der Waals surface area contributed by atoms with Crippen LogP contribution in [0.1, 0.15) is 65.6 Å². The van der Waals surface area contributed by atoms with E-state index >= 15 is 0 Å². The van der Waals surface area contributed by atoms with Crippen molar-refractivity contribution in [1.82, 2.24) is 14.8 Å². The first kappa shape index (κ1) is 31.0. The molecule has 5 rings (SSSR count). The van der Waals surface area contributed by atoms with E-state index in [1.165, 1.54) is 9.47 Å². The second-order valence-corrected chi connectivity index (χ2v) is 10.8. The van der Waals surface area contributed by atoms with Crippen LogP contribution in [0.2, 0.25) is 0 Å². The molecule has 3 atom stereocenters. The van der Waals surface area contributed by atoms with Gasteiger partial charge in [-0.2, -0.15) is 13.2 Å². The molecule has 3 aliphatic heterocycles. The Hall–Kier alpha value is -4.43. The van der Waals surface area contributed by atoms with E-state index in [0.717, 1.165) is 18.3 Å². The minimum atomic E-state index is -4.62. The topological polar surface area (TPSA) is 111 Å². The van der Waals surface area contributed by atoms with E-state index in [9.17, 15) is 36.3 Å². The number of hydrogen-bond acceptors (Lipinski definition) is 7. The van der Waals surface area contributed by atoms with Gasteiger partial charge in [0.15, 0.2) is 23.7 Å². The Bertz CT molecular complexity index is 1590. The lowest BCUT2D eigenvalue weighted by Gasteiger charge is -2.41. The third-order valence-electron chi connectivity index (χ3n) is 7.66. The minimum absolute atomic E-state index is 0.0127. The molecule has 2 amide bonds. The summed E-state index contributed by atoms with van der Waals surface area (Å²) in [6.45, 7) is 1.69. The molecule has 4 heterocycles. The van der Waals surface area contributed by atoms with Crippen LogP contribution in [0.4, 0.5) is 22.0 Å². The van der Waals surface area contributed by atoms with Gasteiger partial charge >= 0.3 is 6.18 Å². The lowest BCUT2D eigenvalue weighted by atomic mass is 9.88. The maximum absolute atomic E-state index is 14.2. The van der Waals surface area contributed by atoms with Gasteiger partial charge in [0.2, 0.25) is 11.3 Å². The van der Waals surface area contributed by atoms with Crippen molar-refractivity contribution in [1.29, 1.82) is 0 Å². The van der Waals surface area contributed by atoms with E-state index in [-0.39, 0.29) is 49.0 Å². The van der Waals surface area contributed by atoms with Crippen LogP contribution < -0.4 is 15.5 Å². The Morgan fingerprint density at radius 1 is 1.23 bits per heavy atom. The van der Waals surface area contributed by atoms with E-state index in [4.69, 9.17) is 14.3 Å². The van der Waals surface area contributed by atoms with Crippen LogP contribution in [-0.2, 0) is 16.1 Å². The third kappa shape index (κ3) is 5.99. The van der Waals surface area contributed by atoms with Gasteiger partial charge < -0.3 is 29.1 Å². The van der Waals surface area contributed by atoms with E-state index < -0.39 is 64.9 Å². The van der Waals surface area contributed by atoms with Gasteiger partial charge in [-0.25, -0.2) is 8.78 Å². The number of nitrogens with zero attached hydrogens (tertiary/aromatic N) is 3. The smallest absolute Gasteiger partial charge is 0.422 e. The maximum atomic E-state index is 14.2. The summed E-state index contributed by atoms with van der Waals surface area (Å²) >= 11 is 0. The van der Waals surface area contributed by atoms with E-state index in [0.29, 0.717) is 18.9 Å². The number of nitrogens with one attached hydrogen (secondary N) is 1. The molecule has 1 spiro atoms. The summed E-state index contributed by atoms with van der Waals surface area (Å²) in [6, 6.07) is 1.43. The van der Waals surface area contributed by atoms with Crippen LogP contribution in [0.25, 0.3) is 0 Å². The minimum Gasteiger partial charge on any atom is -0.487 e. The average molecular weight is 625 g/mol. The number of ether oxygens (including phenoxy) is 2. The van der Waals surface area contributed by atoms with E-state index in [1.807, 2.05) is 6.92 Å². The molecular formula is C29H29F5N4O6. The van der Waals surface area contributed by atoms with Crippen molar-refractivity contribution in [2.75, 3.05) is 19.8 Å². The number of unbranched alkanes of at least 4 members (excludes halogenated alkanes) is 1. The number of halogens is 5. The lowest BCUT2D eigenvalue weighted by molar-refractivity contribution is -0.156. The Balaban J connectivity index is 1.56. The SMILES string of the molecule is CCCCOc1c2n(cc(C(=O)NCc3ccc(F)cc3F)c1=O)[C@@H]1CN(C2=O)[C@@H](C)C=C[C@]12CC(OCC(F)(F)F)=NO2. The molecule has 44 heavy (non-hydrogen) atoms. The average Bonchev–Trinajstić information content (AvgIpc) is 3.34. The number of hydrogen-bond donors (Lipinski definition) is 1. The summed E-state index contributed by atoms with van der Waals surface area (Å²) in [7, 11) is 0.